The van der Waals surface area contributed by atoms with E-state index in [2.05, 4.69) is 10.1 Å². The van der Waals surface area contributed by atoms with Gasteiger partial charge in [-0.05, 0) is 56.5 Å². The summed E-state index contributed by atoms with van der Waals surface area (Å²) in [6, 6.07) is 15.7. The van der Waals surface area contributed by atoms with Crippen LogP contribution in [0.5, 0.6) is 0 Å². The fraction of sp³-hybridized carbons (Fsp3) is 0.379. The molecule has 5 rings (SSSR count). The summed E-state index contributed by atoms with van der Waals surface area (Å²) in [4.78, 5) is 17.5. The van der Waals surface area contributed by atoms with E-state index >= 15 is 0 Å². The van der Waals surface area contributed by atoms with Crippen molar-refractivity contribution in [3.05, 3.63) is 76.1 Å². The lowest BCUT2D eigenvalue weighted by Crippen LogP contribution is -2.52. The van der Waals surface area contributed by atoms with Gasteiger partial charge in [-0.15, -0.1) is 0 Å². The molecule has 2 fully saturated rings. The predicted molar refractivity (Wildman–Crippen MR) is 153 cm³/mol. The minimum absolute atomic E-state index is 0.0905. The molecule has 2 aliphatic rings. The number of rotatable bonds is 6. The normalized spacial score (nSPS) is 17.7. The Labute approximate surface area is 234 Å². The maximum Gasteiger partial charge on any atom is 0.248 e. The van der Waals surface area contributed by atoms with Crippen LogP contribution in [0.15, 0.2) is 57.9 Å². The van der Waals surface area contributed by atoms with Crippen LogP contribution in [0, 0.1) is 19.8 Å². The predicted octanol–water partition coefficient (Wildman–Crippen LogP) is 4.86. The first kappa shape index (κ1) is 27.4. The Morgan fingerprint density at radius 2 is 1.67 bits per heavy atom. The molecule has 1 aromatic heterocycles. The van der Waals surface area contributed by atoms with Crippen LogP contribution in [0.3, 0.4) is 0 Å². The number of nitrogens with zero attached hydrogens (tertiary/aromatic N) is 4. The standard InChI is InChI=1S/C29H33ClN4O4S/c1-21-6-8-23(9-7-21)10-11-27-28(22(2)31-38-27)39(36,37)34-14-12-24(13-15-34)29(35)33-18-16-32(17-19-33)26-5-3-4-25(30)20-26/h3-11,20,24H,12-19H2,1-2H3. The third kappa shape index (κ3) is 6.05. The Bertz CT molecular complexity index is 1450. The van der Waals surface area contributed by atoms with Crippen molar-refractivity contribution in [2.75, 3.05) is 44.2 Å². The number of piperazine rings is 1. The number of sulfonamides is 1. The van der Waals surface area contributed by atoms with Crippen LogP contribution in [0.4, 0.5) is 5.69 Å². The number of piperidine rings is 1. The summed E-state index contributed by atoms with van der Waals surface area (Å²) in [6.45, 7) is 6.98. The van der Waals surface area contributed by atoms with Crippen LogP contribution in [-0.4, -0.2) is 68.0 Å². The van der Waals surface area contributed by atoms with E-state index in [1.807, 2.05) is 66.4 Å². The third-order valence-corrected chi connectivity index (χ3v) is 9.80. The van der Waals surface area contributed by atoms with Crippen molar-refractivity contribution in [2.24, 2.45) is 5.92 Å². The van der Waals surface area contributed by atoms with Crippen LogP contribution in [0.25, 0.3) is 12.2 Å². The zero-order valence-electron chi connectivity index (χ0n) is 22.2. The molecule has 2 saturated heterocycles. The van der Waals surface area contributed by atoms with Gasteiger partial charge in [0.1, 0.15) is 5.69 Å². The molecule has 0 saturated carbocycles. The molecule has 0 spiro atoms. The van der Waals surface area contributed by atoms with Gasteiger partial charge in [0.2, 0.25) is 15.9 Å². The van der Waals surface area contributed by atoms with E-state index in [9.17, 15) is 13.2 Å². The van der Waals surface area contributed by atoms with Crippen molar-refractivity contribution in [2.45, 2.75) is 31.6 Å². The van der Waals surface area contributed by atoms with Crippen molar-refractivity contribution in [3.63, 3.8) is 0 Å². The largest absolute Gasteiger partial charge is 0.368 e. The second-order valence-corrected chi connectivity index (χ2v) is 12.5. The average molecular weight is 569 g/mol. The van der Waals surface area contributed by atoms with Gasteiger partial charge in [-0.1, -0.05) is 58.7 Å². The van der Waals surface area contributed by atoms with Crippen molar-refractivity contribution in [1.29, 1.82) is 0 Å². The van der Waals surface area contributed by atoms with Crippen LogP contribution in [0.1, 0.15) is 35.4 Å². The lowest BCUT2D eigenvalue weighted by molar-refractivity contribution is -0.137. The second-order valence-electron chi connectivity index (χ2n) is 10.2. The molecule has 0 aliphatic carbocycles. The third-order valence-electron chi connectivity index (χ3n) is 7.50. The number of carbonyl (C=O) groups excluding carboxylic acids is 1. The van der Waals surface area contributed by atoms with E-state index in [1.165, 1.54) is 4.31 Å². The highest BCUT2D eigenvalue weighted by Crippen LogP contribution is 2.30. The molecule has 2 aliphatic heterocycles. The SMILES string of the molecule is Cc1ccc(C=Cc2onc(C)c2S(=O)(=O)N2CCC(C(=O)N3CCN(c4cccc(Cl)c4)CC3)CC2)cc1. The highest BCUT2D eigenvalue weighted by Gasteiger charge is 2.37. The number of aromatic nitrogens is 1. The summed E-state index contributed by atoms with van der Waals surface area (Å²) < 4.78 is 34.0. The molecule has 0 atom stereocenters. The smallest absolute Gasteiger partial charge is 0.248 e. The Morgan fingerprint density at radius 3 is 2.33 bits per heavy atom. The maximum atomic E-state index is 13.6. The molecule has 3 heterocycles. The minimum atomic E-state index is -3.82. The number of anilines is 1. The van der Waals surface area contributed by atoms with Crippen molar-refractivity contribution < 1.29 is 17.7 Å². The number of hydrogen-bond acceptors (Lipinski definition) is 6. The molecule has 206 valence electrons. The zero-order chi connectivity index (χ0) is 27.6. The van der Waals surface area contributed by atoms with E-state index < -0.39 is 10.0 Å². The van der Waals surface area contributed by atoms with Crippen LogP contribution >= 0.6 is 11.6 Å². The van der Waals surface area contributed by atoms with Gasteiger partial charge in [0.05, 0.1) is 0 Å². The molecule has 0 N–H and O–H groups in total. The van der Waals surface area contributed by atoms with Crippen molar-refractivity contribution >= 4 is 45.4 Å². The highest BCUT2D eigenvalue weighted by molar-refractivity contribution is 7.89. The first-order valence-electron chi connectivity index (χ1n) is 13.2. The molecule has 39 heavy (non-hydrogen) atoms. The van der Waals surface area contributed by atoms with E-state index in [-0.39, 0.29) is 35.6 Å². The lowest BCUT2D eigenvalue weighted by atomic mass is 9.96. The molecule has 0 bridgehead atoms. The van der Waals surface area contributed by atoms with Crippen LogP contribution in [-0.2, 0) is 14.8 Å². The zero-order valence-corrected chi connectivity index (χ0v) is 23.8. The molecule has 3 aromatic rings. The Balaban J connectivity index is 1.20. The lowest BCUT2D eigenvalue weighted by Gasteiger charge is -2.39. The van der Waals surface area contributed by atoms with E-state index in [0.29, 0.717) is 36.6 Å². The van der Waals surface area contributed by atoms with Crippen molar-refractivity contribution in [1.82, 2.24) is 14.4 Å². The topological polar surface area (TPSA) is 87.0 Å². The summed E-state index contributed by atoms with van der Waals surface area (Å²) in [6.07, 6.45) is 4.45. The summed E-state index contributed by atoms with van der Waals surface area (Å²) in [5.41, 5.74) is 3.47. The molecule has 0 unspecified atom stereocenters. The van der Waals surface area contributed by atoms with E-state index in [4.69, 9.17) is 16.1 Å². The molecule has 8 nitrogen and oxygen atoms in total. The first-order chi connectivity index (χ1) is 18.7. The van der Waals surface area contributed by atoms with Crippen LogP contribution < -0.4 is 4.90 Å². The number of amides is 1. The van der Waals surface area contributed by atoms with Crippen LogP contribution in [0.2, 0.25) is 5.02 Å². The fourth-order valence-corrected chi connectivity index (χ4v) is 7.14. The molecular weight excluding hydrogens is 536 g/mol. The minimum Gasteiger partial charge on any atom is -0.368 e. The summed E-state index contributed by atoms with van der Waals surface area (Å²) in [5.74, 6) is 0.142. The monoisotopic (exact) mass is 568 g/mol. The Kier molecular flexibility index (Phi) is 8.11. The fourth-order valence-electron chi connectivity index (χ4n) is 5.24. The number of benzene rings is 2. The Hall–Kier alpha value is -3.14. The second kappa shape index (κ2) is 11.5. The number of halogens is 1. The quantitative estimate of drug-likeness (QED) is 0.422. The molecule has 10 heteroatoms. The molecular formula is C29H33ClN4O4S. The summed E-state index contributed by atoms with van der Waals surface area (Å²) in [7, 11) is -3.82. The Morgan fingerprint density at radius 1 is 0.974 bits per heavy atom. The summed E-state index contributed by atoms with van der Waals surface area (Å²) >= 11 is 6.13. The average Bonchev–Trinajstić information content (AvgIpc) is 3.33. The maximum absolute atomic E-state index is 13.6. The van der Waals surface area contributed by atoms with Gasteiger partial charge >= 0.3 is 0 Å². The van der Waals surface area contributed by atoms with E-state index in [0.717, 1.165) is 29.9 Å². The van der Waals surface area contributed by atoms with Gasteiger partial charge in [0, 0.05) is 55.9 Å². The van der Waals surface area contributed by atoms with Gasteiger partial charge in [0.25, 0.3) is 0 Å². The first-order valence-corrected chi connectivity index (χ1v) is 15.0. The number of aryl methyl sites for hydroxylation is 2. The van der Waals surface area contributed by atoms with E-state index in [1.54, 1.807) is 13.0 Å². The summed E-state index contributed by atoms with van der Waals surface area (Å²) in [5, 5.41) is 4.63. The molecule has 0 radical (unpaired) electrons. The highest BCUT2D eigenvalue weighted by atomic mass is 35.5. The van der Waals surface area contributed by atoms with Gasteiger partial charge < -0.3 is 14.3 Å². The van der Waals surface area contributed by atoms with Gasteiger partial charge in [0.15, 0.2) is 10.7 Å². The van der Waals surface area contributed by atoms with Crippen molar-refractivity contribution in [3.8, 4) is 0 Å². The van der Waals surface area contributed by atoms with Gasteiger partial charge in [-0.25, -0.2) is 8.42 Å². The van der Waals surface area contributed by atoms with Gasteiger partial charge in [-0.3, -0.25) is 4.79 Å². The number of hydrogen-bond donors (Lipinski definition) is 0. The van der Waals surface area contributed by atoms with Gasteiger partial charge in [-0.2, -0.15) is 4.31 Å². The number of carbonyl (C=O) groups is 1. The molecule has 2 aromatic carbocycles. The molecule has 1 amide bonds.